The molecule has 1 aromatic carbocycles. The van der Waals surface area contributed by atoms with Crippen molar-refractivity contribution in [2.24, 2.45) is 0 Å². The third-order valence-corrected chi connectivity index (χ3v) is 6.98. The van der Waals surface area contributed by atoms with Crippen LogP contribution >= 0.6 is 0 Å². The van der Waals surface area contributed by atoms with E-state index in [-0.39, 0.29) is 0 Å². The van der Waals surface area contributed by atoms with Gasteiger partial charge in [-0.1, -0.05) is 142 Å². The van der Waals surface area contributed by atoms with Gasteiger partial charge in [0.25, 0.3) is 11.8 Å². The highest BCUT2D eigenvalue weighted by Gasteiger charge is 2.12. The molecule has 36 heavy (non-hydrogen) atoms. The zero-order valence-electron chi connectivity index (χ0n) is 23.6. The maximum absolute atomic E-state index is 6.07. The first-order valence-electron chi connectivity index (χ1n) is 15.4. The quantitative estimate of drug-likeness (QED) is 0.135. The molecular weight excluding hydrogens is 444 g/mol. The first-order valence-corrected chi connectivity index (χ1v) is 15.4. The van der Waals surface area contributed by atoms with E-state index in [0.717, 1.165) is 23.9 Å². The van der Waals surface area contributed by atoms with Crippen molar-refractivity contribution in [3.8, 4) is 11.8 Å². The van der Waals surface area contributed by atoms with Crippen molar-refractivity contribution in [3.63, 3.8) is 0 Å². The van der Waals surface area contributed by atoms with Crippen LogP contribution < -0.4 is 9.47 Å². The number of unbranched alkanes of at least 4 members (excludes halogenated alkanes) is 18. The Balaban J connectivity index is 1.63. The number of nitrogens with zero attached hydrogens (tertiary/aromatic N) is 2. The van der Waals surface area contributed by atoms with E-state index in [4.69, 9.17) is 19.4 Å². The van der Waals surface area contributed by atoms with Gasteiger partial charge < -0.3 is 9.47 Å². The van der Waals surface area contributed by atoms with E-state index < -0.39 is 0 Å². The number of fused-ring (bicyclic) bond motifs is 1. The number of hydrogen-bond donors (Lipinski definition) is 0. The van der Waals surface area contributed by atoms with Crippen molar-refractivity contribution < 1.29 is 9.47 Å². The minimum atomic E-state index is 0.553. The second-order valence-electron chi connectivity index (χ2n) is 10.4. The van der Waals surface area contributed by atoms with Gasteiger partial charge in [-0.15, -0.1) is 0 Å². The molecule has 0 aliphatic heterocycles. The van der Waals surface area contributed by atoms with Crippen molar-refractivity contribution in [3.05, 3.63) is 24.3 Å². The molecule has 2 aromatic rings. The van der Waals surface area contributed by atoms with E-state index in [1.54, 1.807) is 0 Å². The molecule has 0 fully saturated rings. The largest absolute Gasteiger partial charge is 0.474 e. The molecule has 0 spiro atoms. The lowest BCUT2D eigenvalue weighted by Gasteiger charge is -2.12. The van der Waals surface area contributed by atoms with Crippen LogP contribution in [0.3, 0.4) is 0 Å². The Morgan fingerprint density at radius 1 is 0.444 bits per heavy atom. The lowest BCUT2D eigenvalue weighted by Crippen LogP contribution is -2.06. The van der Waals surface area contributed by atoms with Crippen LogP contribution in [0.15, 0.2) is 24.3 Å². The second kappa shape index (κ2) is 21.3. The third-order valence-electron chi connectivity index (χ3n) is 6.98. The number of aromatic nitrogens is 2. The first-order chi connectivity index (χ1) is 17.8. The molecule has 2 rings (SSSR count). The highest BCUT2D eigenvalue weighted by molar-refractivity contribution is 5.75. The summed E-state index contributed by atoms with van der Waals surface area (Å²) in [4.78, 5) is 9.44. The number of rotatable bonds is 24. The highest BCUT2D eigenvalue weighted by atomic mass is 16.5. The lowest BCUT2D eigenvalue weighted by atomic mass is 10.1. The molecule has 0 amide bonds. The van der Waals surface area contributed by atoms with E-state index in [2.05, 4.69) is 13.8 Å². The van der Waals surface area contributed by atoms with Crippen molar-refractivity contribution in [1.29, 1.82) is 0 Å². The molecule has 0 unspecified atom stereocenters. The van der Waals surface area contributed by atoms with Crippen molar-refractivity contribution in [1.82, 2.24) is 9.97 Å². The number of para-hydroxylation sites is 2. The first kappa shape index (κ1) is 30.4. The van der Waals surface area contributed by atoms with Gasteiger partial charge in [-0.3, -0.25) is 0 Å². The molecule has 0 saturated heterocycles. The van der Waals surface area contributed by atoms with E-state index in [1.807, 2.05) is 24.3 Å². The maximum atomic E-state index is 6.07. The van der Waals surface area contributed by atoms with Crippen molar-refractivity contribution in [2.45, 2.75) is 142 Å². The fourth-order valence-corrected chi connectivity index (χ4v) is 4.67. The van der Waals surface area contributed by atoms with Gasteiger partial charge in [-0.2, -0.15) is 0 Å². The molecule has 1 heterocycles. The Morgan fingerprint density at radius 2 is 0.750 bits per heavy atom. The monoisotopic (exact) mass is 498 g/mol. The standard InChI is InChI=1S/C32H54N2O2/c1-3-5-7-9-11-13-15-17-19-23-27-35-31-32(34-30-26-22-21-25-29(30)33-31)36-28-24-20-18-16-14-12-10-8-6-4-2/h21-22,25-26H,3-20,23-24,27-28H2,1-2H3. The van der Waals surface area contributed by atoms with Gasteiger partial charge in [0.1, 0.15) is 0 Å². The van der Waals surface area contributed by atoms with Crippen LogP contribution in [0.1, 0.15) is 142 Å². The lowest BCUT2D eigenvalue weighted by molar-refractivity contribution is 0.243. The van der Waals surface area contributed by atoms with Gasteiger partial charge in [-0.05, 0) is 25.0 Å². The molecule has 0 saturated carbocycles. The molecule has 4 heteroatoms. The molecule has 0 aliphatic rings. The summed E-state index contributed by atoms with van der Waals surface area (Å²) < 4.78 is 12.1. The summed E-state index contributed by atoms with van der Waals surface area (Å²) in [6, 6.07) is 7.96. The minimum Gasteiger partial charge on any atom is -0.474 e. The third kappa shape index (κ3) is 14.0. The van der Waals surface area contributed by atoms with E-state index in [9.17, 15) is 0 Å². The smallest absolute Gasteiger partial charge is 0.278 e. The van der Waals surface area contributed by atoms with Crippen LogP contribution in [0.25, 0.3) is 11.0 Å². The van der Waals surface area contributed by atoms with Gasteiger partial charge in [-0.25, -0.2) is 9.97 Å². The Labute approximate surface area is 222 Å². The number of ether oxygens (including phenoxy) is 2. The summed E-state index contributed by atoms with van der Waals surface area (Å²) in [6.07, 6.45) is 26.4. The molecular formula is C32H54N2O2. The summed E-state index contributed by atoms with van der Waals surface area (Å²) >= 11 is 0. The molecule has 4 nitrogen and oxygen atoms in total. The minimum absolute atomic E-state index is 0.553. The van der Waals surface area contributed by atoms with Gasteiger partial charge in [0.15, 0.2) is 0 Å². The van der Waals surface area contributed by atoms with Crippen LogP contribution in [0.2, 0.25) is 0 Å². The summed E-state index contributed by atoms with van der Waals surface area (Å²) in [5, 5.41) is 0. The summed E-state index contributed by atoms with van der Waals surface area (Å²) in [5.41, 5.74) is 1.73. The molecule has 0 aliphatic carbocycles. The van der Waals surface area contributed by atoms with Gasteiger partial charge in [0, 0.05) is 0 Å². The Bertz CT molecular complexity index is 715. The van der Waals surface area contributed by atoms with E-state index in [0.29, 0.717) is 25.0 Å². The van der Waals surface area contributed by atoms with Crippen LogP contribution in [0.5, 0.6) is 11.8 Å². The second-order valence-corrected chi connectivity index (χ2v) is 10.4. The van der Waals surface area contributed by atoms with E-state index in [1.165, 1.54) is 116 Å². The average molecular weight is 499 g/mol. The molecule has 1 aromatic heterocycles. The fraction of sp³-hybridized carbons (Fsp3) is 0.750. The Kier molecular flexibility index (Phi) is 17.9. The highest BCUT2D eigenvalue weighted by Crippen LogP contribution is 2.26. The predicted octanol–water partition coefficient (Wildman–Crippen LogP) is 10.2. The van der Waals surface area contributed by atoms with Gasteiger partial charge in [0.2, 0.25) is 0 Å². The zero-order valence-corrected chi connectivity index (χ0v) is 23.6. The molecule has 0 atom stereocenters. The number of benzene rings is 1. The van der Waals surface area contributed by atoms with Gasteiger partial charge in [0.05, 0.1) is 24.2 Å². The molecule has 0 radical (unpaired) electrons. The number of hydrogen-bond acceptors (Lipinski definition) is 4. The van der Waals surface area contributed by atoms with Crippen LogP contribution in [-0.4, -0.2) is 23.2 Å². The van der Waals surface area contributed by atoms with E-state index >= 15 is 0 Å². The fourth-order valence-electron chi connectivity index (χ4n) is 4.67. The summed E-state index contributed by atoms with van der Waals surface area (Å²) in [5.74, 6) is 1.11. The predicted molar refractivity (Wildman–Crippen MR) is 154 cm³/mol. The molecule has 0 N–H and O–H groups in total. The van der Waals surface area contributed by atoms with Crippen LogP contribution in [-0.2, 0) is 0 Å². The maximum Gasteiger partial charge on any atom is 0.278 e. The normalized spacial score (nSPS) is 11.3. The van der Waals surface area contributed by atoms with Gasteiger partial charge >= 0.3 is 0 Å². The van der Waals surface area contributed by atoms with Crippen molar-refractivity contribution >= 4 is 11.0 Å². The summed E-state index contributed by atoms with van der Waals surface area (Å²) in [7, 11) is 0. The summed E-state index contributed by atoms with van der Waals surface area (Å²) in [6.45, 7) is 5.91. The van der Waals surface area contributed by atoms with Crippen LogP contribution in [0, 0.1) is 0 Å². The zero-order chi connectivity index (χ0) is 25.5. The molecule has 204 valence electrons. The Hall–Kier alpha value is -1.84. The molecule has 0 bridgehead atoms. The van der Waals surface area contributed by atoms with Crippen molar-refractivity contribution in [2.75, 3.05) is 13.2 Å². The average Bonchev–Trinajstić information content (AvgIpc) is 2.90. The topological polar surface area (TPSA) is 44.2 Å². The SMILES string of the molecule is CCCCCCCCCCCCOc1nc2ccccc2nc1OCCCCCCCCCCCC. The Morgan fingerprint density at radius 3 is 1.08 bits per heavy atom. The van der Waals surface area contributed by atoms with Crippen LogP contribution in [0.4, 0.5) is 0 Å².